The average Bonchev–Trinajstić information content (AvgIpc) is 3.59. The van der Waals surface area contributed by atoms with Crippen LogP contribution >= 0.6 is 0 Å². The summed E-state index contributed by atoms with van der Waals surface area (Å²) in [6.07, 6.45) is 7.58. The first-order chi connectivity index (χ1) is 14.6. The van der Waals surface area contributed by atoms with Gasteiger partial charge in [0.2, 0.25) is 11.8 Å². The third-order valence-corrected chi connectivity index (χ3v) is 7.08. The van der Waals surface area contributed by atoms with Crippen molar-refractivity contribution in [2.45, 2.75) is 58.5 Å². The largest absolute Gasteiger partial charge is 0.376 e. The van der Waals surface area contributed by atoms with E-state index in [0.717, 1.165) is 77.4 Å². The maximum atomic E-state index is 12.9. The highest BCUT2D eigenvalue weighted by atomic mass is 16.5. The Bertz CT molecular complexity index is 712. The quantitative estimate of drug-likeness (QED) is 0.687. The first-order valence-electron chi connectivity index (χ1n) is 11.8. The minimum absolute atomic E-state index is 0.104. The predicted octanol–water partition coefficient (Wildman–Crippen LogP) is 3.65. The molecule has 2 saturated heterocycles. The van der Waals surface area contributed by atoms with Crippen molar-refractivity contribution >= 4 is 11.8 Å². The van der Waals surface area contributed by atoms with Crippen molar-refractivity contribution in [2.75, 3.05) is 32.8 Å². The topological polar surface area (TPSA) is 49.9 Å². The van der Waals surface area contributed by atoms with Crippen LogP contribution in [0.15, 0.2) is 24.3 Å². The van der Waals surface area contributed by atoms with Crippen LogP contribution in [0.5, 0.6) is 0 Å². The number of rotatable bonds is 7. The fourth-order valence-electron chi connectivity index (χ4n) is 4.79. The maximum absolute atomic E-state index is 12.9. The molecule has 5 heteroatoms. The number of amides is 2. The molecule has 0 unspecified atom stereocenters. The summed E-state index contributed by atoms with van der Waals surface area (Å²) in [4.78, 5) is 28.3. The molecule has 30 heavy (non-hydrogen) atoms. The Morgan fingerprint density at radius 1 is 0.833 bits per heavy atom. The molecule has 3 fully saturated rings. The zero-order valence-electron chi connectivity index (χ0n) is 18.4. The molecule has 0 bridgehead atoms. The minimum Gasteiger partial charge on any atom is -0.376 e. The number of benzene rings is 1. The van der Waals surface area contributed by atoms with Gasteiger partial charge >= 0.3 is 0 Å². The van der Waals surface area contributed by atoms with Crippen molar-refractivity contribution in [3.05, 3.63) is 35.4 Å². The Morgan fingerprint density at radius 3 is 2.03 bits per heavy atom. The first-order valence-corrected chi connectivity index (χ1v) is 11.8. The molecular weight excluding hydrogens is 376 g/mol. The summed E-state index contributed by atoms with van der Waals surface area (Å²) < 4.78 is 5.78. The summed E-state index contributed by atoms with van der Waals surface area (Å²) in [7, 11) is 0. The summed E-state index contributed by atoms with van der Waals surface area (Å²) in [6.45, 7) is 6.46. The Morgan fingerprint density at radius 2 is 1.43 bits per heavy atom. The van der Waals surface area contributed by atoms with Crippen LogP contribution in [0.4, 0.5) is 0 Å². The van der Waals surface area contributed by atoms with Crippen LogP contribution in [-0.4, -0.2) is 54.4 Å². The van der Waals surface area contributed by atoms with Crippen molar-refractivity contribution in [3.8, 4) is 0 Å². The van der Waals surface area contributed by atoms with E-state index in [2.05, 4.69) is 29.2 Å². The number of ether oxygens (including phenoxy) is 1. The highest BCUT2D eigenvalue weighted by molar-refractivity contribution is 5.79. The second-order valence-corrected chi connectivity index (χ2v) is 9.53. The Labute approximate surface area is 180 Å². The normalized spacial score (nSPS) is 21.1. The average molecular weight is 413 g/mol. The SMILES string of the molecule is CC(=O)N1CCC(C(=O)N2CCC(Cc3ccc(COCC4CC4)cc3)CC2)CC1. The van der Waals surface area contributed by atoms with Gasteiger partial charge in [0.1, 0.15) is 0 Å². The highest BCUT2D eigenvalue weighted by Crippen LogP contribution is 2.29. The molecule has 1 aliphatic carbocycles. The summed E-state index contributed by atoms with van der Waals surface area (Å²) in [5.41, 5.74) is 2.65. The minimum atomic E-state index is 0.104. The van der Waals surface area contributed by atoms with Crippen LogP contribution in [0, 0.1) is 17.8 Å². The molecule has 2 aliphatic heterocycles. The second-order valence-electron chi connectivity index (χ2n) is 9.53. The van der Waals surface area contributed by atoms with E-state index in [1.54, 1.807) is 6.92 Å². The smallest absolute Gasteiger partial charge is 0.225 e. The van der Waals surface area contributed by atoms with Gasteiger partial charge in [-0.05, 0) is 67.9 Å². The van der Waals surface area contributed by atoms with Crippen molar-refractivity contribution in [1.29, 1.82) is 0 Å². The van der Waals surface area contributed by atoms with Gasteiger partial charge in [-0.25, -0.2) is 0 Å². The number of nitrogens with zero attached hydrogens (tertiary/aromatic N) is 2. The van der Waals surface area contributed by atoms with Crippen LogP contribution in [0.1, 0.15) is 56.6 Å². The zero-order valence-corrected chi connectivity index (χ0v) is 18.4. The van der Waals surface area contributed by atoms with Gasteiger partial charge in [-0.3, -0.25) is 9.59 Å². The van der Waals surface area contributed by atoms with Crippen molar-refractivity contribution in [1.82, 2.24) is 9.80 Å². The number of carbonyl (C=O) groups excluding carboxylic acids is 2. The molecule has 2 heterocycles. The molecule has 2 amide bonds. The molecule has 0 N–H and O–H groups in total. The van der Waals surface area contributed by atoms with Gasteiger partial charge < -0.3 is 14.5 Å². The second kappa shape index (κ2) is 9.95. The van der Waals surface area contributed by atoms with Crippen molar-refractivity contribution in [3.63, 3.8) is 0 Å². The summed E-state index contributed by atoms with van der Waals surface area (Å²) in [5.74, 6) is 2.01. The van der Waals surface area contributed by atoms with Crippen LogP contribution < -0.4 is 0 Å². The summed E-state index contributed by atoms with van der Waals surface area (Å²) in [5, 5.41) is 0. The van der Waals surface area contributed by atoms with Gasteiger partial charge in [-0.1, -0.05) is 24.3 Å². The molecule has 4 rings (SSSR count). The third-order valence-electron chi connectivity index (χ3n) is 7.08. The first kappa shape index (κ1) is 21.4. The van der Waals surface area contributed by atoms with Crippen LogP contribution in [0.3, 0.4) is 0 Å². The lowest BCUT2D eigenvalue weighted by Crippen LogP contribution is -2.46. The van der Waals surface area contributed by atoms with E-state index in [1.807, 2.05) is 4.90 Å². The summed E-state index contributed by atoms with van der Waals surface area (Å²) >= 11 is 0. The maximum Gasteiger partial charge on any atom is 0.225 e. The van der Waals surface area contributed by atoms with Gasteiger partial charge in [-0.2, -0.15) is 0 Å². The molecule has 5 nitrogen and oxygen atoms in total. The Balaban J connectivity index is 1.17. The van der Waals surface area contributed by atoms with E-state index >= 15 is 0 Å². The molecule has 1 saturated carbocycles. The standard InChI is InChI=1S/C25H36N2O3/c1-19(28)26-14-10-24(11-15-26)25(29)27-12-8-21(9-13-27)16-20-2-4-22(5-3-20)17-30-18-23-6-7-23/h2-5,21,23-24H,6-18H2,1H3. The number of piperidine rings is 2. The number of likely N-dealkylation sites (tertiary alicyclic amines) is 2. The van der Waals surface area contributed by atoms with Crippen LogP contribution in [-0.2, 0) is 27.4 Å². The Hall–Kier alpha value is -1.88. The lowest BCUT2D eigenvalue weighted by atomic mass is 9.88. The zero-order chi connectivity index (χ0) is 20.9. The third kappa shape index (κ3) is 5.84. The fraction of sp³-hybridized carbons (Fsp3) is 0.680. The van der Waals surface area contributed by atoms with Gasteiger partial charge in [0.15, 0.2) is 0 Å². The molecule has 164 valence electrons. The van der Waals surface area contributed by atoms with E-state index in [0.29, 0.717) is 11.8 Å². The molecule has 0 spiro atoms. The van der Waals surface area contributed by atoms with E-state index in [4.69, 9.17) is 4.74 Å². The highest BCUT2D eigenvalue weighted by Gasteiger charge is 2.31. The van der Waals surface area contributed by atoms with E-state index in [-0.39, 0.29) is 11.8 Å². The van der Waals surface area contributed by atoms with E-state index in [1.165, 1.54) is 24.0 Å². The summed E-state index contributed by atoms with van der Waals surface area (Å²) in [6, 6.07) is 8.90. The molecule has 0 atom stereocenters. The molecule has 0 aromatic heterocycles. The van der Waals surface area contributed by atoms with Crippen LogP contribution in [0.25, 0.3) is 0 Å². The van der Waals surface area contributed by atoms with E-state index < -0.39 is 0 Å². The number of hydrogen-bond acceptors (Lipinski definition) is 3. The van der Waals surface area contributed by atoms with Gasteiger partial charge in [0.25, 0.3) is 0 Å². The molecule has 3 aliphatic rings. The molecule has 1 aromatic rings. The monoisotopic (exact) mass is 412 g/mol. The number of carbonyl (C=O) groups is 2. The number of hydrogen-bond donors (Lipinski definition) is 0. The van der Waals surface area contributed by atoms with E-state index in [9.17, 15) is 9.59 Å². The van der Waals surface area contributed by atoms with Crippen LogP contribution in [0.2, 0.25) is 0 Å². The molecular formula is C25H36N2O3. The van der Waals surface area contributed by atoms with Gasteiger partial charge in [0.05, 0.1) is 6.61 Å². The van der Waals surface area contributed by atoms with Gasteiger partial charge in [-0.15, -0.1) is 0 Å². The predicted molar refractivity (Wildman–Crippen MR) is 117 cm³/mol. The molecule has 1 aromatic carbocycles. The van der Waals surface area contributed by atoms with Gasteiger partial charge in [0, 0.05) is 45.6 Å². The molecule has 0 radical (unpaired) electrons. The Kier molecular flexibility index (Phi) is 7.08. The van der Waals surface area contributed by atoms with Crippen molar-refractivity contribution < 1.29 is 14.3 Å². The lowest BCUT2D eigenvalue weighted by molar-refractivity contribution is -0.141. The lowest BCUT2D eigenvalue weighted by Gasteiger charge is -2.37. The van der Waals surface area contributed by atoms with Crippen molar-refractivity contribution in [2.24, 2.45) is 17.8 Å². The fourth-order valence-corrected chi connectivity index (χ4v) is 4.79.